The number of benzene rings is 1. The molecule has 5 heteroatoms. The summed E-state index contributed by atoms with van der Waals surface area (Å²) in [6, 6.07) is 5.88. The average Bonchev–Trinajstić information content (AvgIpc) is 2.73. The van der Waals surface area contributed by atoms with Crippen molar-refractivity contribution in [3.63, 3.8) is 0 Å². The molecule has 0 radical (unpaired) electrons. The minimum atomic E-state index is -1.09. The minimum Gasteiger partial charge on any atom is -0.476 e. The zero-order chi connectivity index (χ0) is 13.3. The van der Waals surface area contributed by atoms with Crippen molar-refractivity contribution in [2.24, 2.45) is 0 Å². The fourth-order valence-electron chi connectivity index (χ4n) is 1.74. The minimum absolute atomic E-state index is 0.00547. The van der Waals surface area contributed by atoms with Gasteiger partial charge < -0.3 is 10.1 Å². The Balaban J connectivity index is 2.53. The predicted octanol–water partition coefficient (Wildman–Crippen LogP) is 3.04. The lowest BCUT2D eigenvalue weighted by Gasteiger charge is -2.01. The Morgan fingerprint density at radius 1 is 1.44 bits per heavy atom. The van der Waals surface area contributed by atoms with Crippen LogP contribution in [0, 0.1) is 5.82 Å². The average molecular weight is 248 g/mol. The zero-order valence-corrected chi connectivity index (χ0v) is 10.1. The van der Waals surface area contributed by atoms with Gasteiger partial charge in [-0.2, -0.15) is 0 Å². The van der Waals surface area contributed by atoms with Crippen LogP contribution in [-0.4, -0.2) is 21.0 Å². The SMILES string of the molecule is CC(C)c1[nH]c(-c2cccc(F)c2)nc1C(=O)O. The number of imidazole rings is 1. The second-order valence-electron chi connectivity index (χ2n) is 4.32. The van der Waals surface area contributed by atoms with Crippen LogP contribution in [0.15, 0.2) is 24.3 Å². The molecule has 4 nitrogen and oxygen atoms in total. The molecule has 2 N–H and O–H groups in total. The van der Waals surface area contributed by atoms with E-state index in [-0.39, 0.29) is 17.4 Å². The van der Waals surface area contributed by atoms with Crippen LogP contribution >= 0.6 is 0 Å². The highest BCUT2D eigenvalue weighted by atomic mass is 19.1. The normalized spacial score (nSPS) is 10.9. The molecular weight excluding hydrogens is 235 g/mol. The highest BCUT2D eigenvalue weighted by Crippen LogP contribution is 2.23. The van der Waals surface area contributed by atoms with E-state index in [1.165, 1.54) is 12.1 Å². The van der Waals surface area contributed by atoms with E-state index < -0.39 is 5.97 Å². The Hall–Kier alpha value is -2.17. The molecule has 1 aromatic heterocycles. The summed E-state index contributed by atoms with van der Waals surface area (Å²) in [5.41, 5.74) is 1.07. The molecule has 0 fully saturated rings. The fourth-order valence-corrected chi connectivity index (χ4v) is 1.74. The van der Waals surface area contributed by atoms with Crippen molar-refractivity contribution in [1.29, 1.82) is 0 Å². The van der Waals surface area contributed by atoms with Crippen molar-refractivity contribution < 1.29 is 14.3 Å². The lowest BCUT2D eigenvalue weighted by atomic mass is 10.1. The summed E-state index contributed by atoms with van der Waals surface area (Å²) in [5.74, 6) is -1.09. The van der Waals surface area contributed by atoms with Gasteiger partial charge in [0.1, 0.15) is 11.6 Å². The molecule has 0 saturated carbocycles. The van der Waals surface area contributed by atoms with Crippen LogP contribution in [0.3, 0.4) is 0 Å². The number of H-pyrrole nitrogens is 1. The maximum absolute atomic E-state index is 13.1. The third kappa shape index (κ3) is 2.25. The molecule has 0 atom stereocenters. The molecule has 0 bridgehead atoms. The first kappa shape index (κ1) is 12.3. The van der Waals surface area contributed by atoms with Gasteiger partial charge in [-0.3, -0.25) is 0 Å². The third-order valence-electron chi connectivity index (χ3n) is 2.61. The van der Waals surface area contributed by atoms with Gasteiger partial charge in [-0.1, -0.05) is 26.0 Å². The topological polar surface area (TPSA) is 66.0 Å². The van der Waals surface area contributed by atoms with Crippen LogP contribution in [-0.2, 0) is 0 Å². The van der Waals surface area contributed by atoms with Crippen molar-refractivity contribution in [1.82, 2.24) is 9.97 Å². The maximum Gasteiger partial charge on any atom is 0.356 e. The van der Waals surface area contributed by atoms with Crippen molar-refractivity contribution in [3.8, 4) is 11.4 Å². The number of rotatable bonds is 3. The van der Waals surface area contributed by atoms with Crippen molar-refractivity contribution in [2.75, 3.05) is 0 Å². The van der Waals surface area contributed by atoms with Gasteiger partial charge in [-0.15, -0.1) is 0 Å². The first-order chi connectivity index (χ1) is 8.49. The molecule has 0 unspecified atom stereocenters. The molecule has 94 valence electrons. The van der Waals surface area contributed by atoms with Gasteiger partial charge in [0.05, 0.1) is 5.69 Å². The molecule has 0 spiro atoms. The molecule has 2 aromatic rings. The van der Waals surface area contributed by atoms with E-state index in [0.717, 1.165) is 0 Å². The molecule has 0 saturated heterocycles. The summed E-state index contributed by atoms with van der Waals surface area (Å²) in [7, 11) is 0. The van der Waals surface area contributed by atoms with Gasteiger partial charge >= 0.3 is 5.97 Å². The van der Waals surface area contributed by atoms with Crippen LogP contribution in [0.4, 0.5) is 4.39 Å². The quantitative estimate of drug-likeness (QED) is 0.877. The maximum atomic E-state index is 13.1. The van der Waals surface area contributed by atoms with E-state index in [1.54, 1.807) is 12.1 Å². The summed E-state index contributed by atoms with van der Waals surface area (Å²) in [6.45, 7) is 3.74. The van der Waals surface area contributed by atoms with Crippen molar-refractivity contribution >= 4 is 5.97 Å². The number of carboxylic acids is 1. The van der Waals surface area contributed by atoms with Gasteiger partial charge in [-0.25, -0.2) is 14.2 Å². The molecule has 0 aliphatic rings. The van der Waals surface area contributed by atoms with Crippen LogP contribution in [0.25, 0.3) is 11.4 Å². The zero-order valence-electron chi connectivity index (χ0n) is 10.1. The van der Waals surface area contributed by atoms with E-state index in [0.29, 0.717) is 17.1 Å². The molecule has 0 aliphatic carbocycles. The predicted molar refractivity (Wildman–Crippen MR) is 65.0 cm³/mol. The number of hydrogen-bond donors (Lipinski definition) is 2. The van der Waals surface area contributed by atoms with E-state index in [2.05, 4.69) is 9.97 Å². The molecule has 0 aliphatic heterocycles. The number of nitrogens with one attached hydrogen (secondary N) is 1. The third-order valence-corrected chi connectivity index (χ3v) is 2.61. The standard InChI is InChI=1S/C13H13FN2O2/c1-7(2)10-11(13(17)18)16-12(15-10)8-4-3-5-9(14)6-8/h3-7H,1-2H3,(H,15,16)(H,17,18). The number of aromatic carboxylic acids is 1. The highest BCUT2D eigenvalue weighted by Gasteiger charge is 2.19. The van der Waals surface area contributed by atoms with E-state index >= 15 is 0 Å². The summed E-state index contributed by atoms with van der Waals surface area (Å²) in [5, 5.41) is 9.07. The van der Waals surface area contributed by atoms with E-state index in [4.69, 9.17) is 5.11 Å². The fraction of sp³-hybridized carbons (Fsp3) is 0.231. The molecular formula is C13H13FN2O2. The van der Waals surface area contributed by atoms with E-state index in [9.17, 15) is 9.18 Å². The lowest BCUT2D eigenvalue weighted by molar-refractivity contribution is 0.0689. The van der Waals surface area contributed by atoms with Crippen LogP contribution in [0.1, 0.15) is 35.9 Å². The smallest absolute Gasteiger partial charge is 0.356 e. The van der Waals surface area contributed by atoms with Crippen molar-refractivity contribution in [2.45, 2.75) is 19.8 Å². The Labute approximate surface area is 103 Å². The first-order valence-corrected chi connectivity index (χ1v) is 5.58. The largest absolute Gasteiger partial charge is 0.476 e. The highest BCUT2D eigenvalue weighted by molar-refractivity contribution is 5.87. The number of carbonyl (C=O) groups is 1. The number of aromatic amines is 1. The Kier molecular flexibility index (Phi) is 3.14. The molecule has 18 heavy (non-hydrogen) atoms. The first-order valence-electron chi connectivity index (χ1n) is 5.58. The summed E-state index contributed by atoms with van der Waals surface area (Å²) in [4.78, 5) is 18.0. The monoisotopic (exact) mass is 248 g/mol. The number of carboxylic acid groups (broad SMARTS) is 1. The molecule has 2 rings (SSSR count). The summed E-state index contributed by atoms with van der Waals surface area (Å²) in [6.07, 6.45) is 0. The Morgan fingerprint density at radius 2 is 2.17 bits per heavy atom. The summed E-state index contributed by atoms with van der Waals surface area (Å²) >= 11 is 0. The van der Waals surface area contributed by atoms with Gasteiger partial charge in [-0.05, 0) is 18.1 Å². The number of aromatic nitrogens is 2. The van der Waals surface area contributed by atoms with Crippen LogP contribution in [0.5, 0.6) is 0 Å². The van der Waals surface area contributed by atoms with E-state index in [1.807, 2.05) is 13.8 Å². The molecule has 1 heterocycles. The second-order valence-corrected chi connectivity index (χ2v) is 4.32. The Morgan fingerprint density at radius 3 is 2.67 bits per heavy atom. The molecule has 1 aromatic carbocycles. The summed E-state index contributed by atoms with van der Waals surface area (Å²) < 4.78 is 13.1. The van der Waals surface area contributed by atoms with Gasteiger partial charge in [0.15, 0.2) is 5.69 Å². The van der Waals surface area contributed by atoms with Gasteiger partial charge in [0.25, 0.3) is 0 Å². The van der Waals surface area contributed by atoms with Crippen molar-refractivity contribution in [3.05, 3.63) is 41.5 Å². The Bertz CT molecular complexity index is 590. The lowest BCUT2D eigenvalue weighted by Crippen LogP contribution is -2.02. The molecule has 0 amide bonds. The van der Waals surface area contributed by atoms with Gasteiger partial charge in [0.2, 0.25) is 0 Å². The van der Waals surface area contributed by atoms with Crippen LogP contribution in [0.2, 0.25) is 0 Å². The number of halogens is 1. The second kappa shape index (κ2) is 4.60. The van der Waals surface area contributed by atoms with Crippen LogP contribution < -0.4 is 0 Å². The van der Waals surface area contributed by atoms with Gasteiger partial charge in [0, 0.05) is 5.56 Å². The number of hydrogen-bond acceptors (Lipinski definition) is 2. The number of nitrogens with zero attached hydrogens (tertiary/aromatic N) is 1.